The molecule has 2 unspecified atom stereocenters. The molecule has 0 aliphatic carbocycles. The molecule has 0 spiro atoms. The fourth-order valence-corrected chi connectivity index (χ4v) is 2.30. The summed E-state index contributed by atoms with van der Waals surface area (Å²) in [6.45, 7) is 9.95. The SMILES string of the molecule is CCOC(=O)C(C)(N)CC(C)Oc1ccccc1C(C)C. The molecule has 0 aliphatic heterocycles. The number of carbonyl (C=O) groups excluding carboxylic acids is 1. The first kappa shape index (κ1) is 17.5. The van der Waals surface area contributed by atoms with Gasteiger partial charge in [0, 0.05) is 6.42 Å². The number of carbonyl (C=O) groups is 1. The normalized spacial score (nSPS) is 15.4. The van der Waals surface area contributed by atoms with Crippen molar-refractivity contribution in [3.63, 3.8) is 0 Å². The summed E-state index contributed by atoms with van der Waals surface area (Å²) < 4.78 is 11.0. The maximum absolute atomic E-state index is 11.8. The van der Waals surface area contributed by atoms with Crippen LogP contribution in [0.1, 0.15) is 52.5 Å². The first-order valence-electron chi connectivity index (χ1n) is 7.49. The van der Waals surface area contributed by atoms with E-state index in [0.717, 1.165) is 11.3 Å². The third-order valence-corrected chi connectivity index (χ3v) is 3.32. The van der Waals surface area contributed by atoms with E-state index < -0.39 is 11.5 Å². The van der Waals surface area contributed by atoms with Gasteiger partial charge in [-0.05, 0) is 38.3 Å². The number of hydrogen-bond acceptors (Lipinski definition) is 4. The summed E-state index contributed by atoms with van der Waals surface area (Å²) in [5.74, 6) is 0.833. The van der Waals surface area contributed by atoms with Gasteiger partial charge in [-0.3, -0.25) is 4.79 Å². The molecule has 0 aliphatic rings. The highest BCUT2D eigenvalue weighted by Gasteiger charge is 2.32. The van der Waals surface area contributed by atoms with Crippen LogP contribution in [0.3, 0.4) is 0 Å². The third-order valence-electron chi connectivity index (χ3n) is 3.32. The van der Waals surface area contributed by atoms with Crippen LogP contribution >= 0.6 is 0 Å². The largest absolute Gasteiger partial charge is 0.490 e. The lowest BCUT2D eigenvalue weighted by molar-refractivity contribution is -0.149. The maximum atomic E-state index is 11.8. The molecule has 0 radical (unpaired) electrons. The summed E-state index contributed by atoms with van der Waals surface area (Å²) in [7, 11) is 0. The van der Waals surface area contributed by atoms with E-state index in [2.05, 4.69) is 19.9 Å². The molecule has 2 N–H and O–H groups in total. The first-order valence-corrected chi connectivity index (χ1v) is 7.49. The topological polar surface area (TPSA) is 61.5 Å². The zero-order valence-electron chi connectivity index (χ0n) is 13.7. The number of esters is 1. The Bertz CT molecular complexity index is 469. The van der Waals surface area contributed by atoms with Gasteiger partial charge in [-0.2, -0.15) is 0 Å². The summed E-state index contributed by atoms with van der Waals surface area (Å²) in [6.07, 6.45) is 0.224. The Labute approximate surface area is 127 Å². The molecule has 1 aromatic rings. The van der Waals surface area contributed by atoms with Crippen LogP contribution < -0.4 is 10.5 Å². The molecule has 2 atom stereocenters. The summed E-state index contributed by atoms with van der Waals surface area (Å²) in [4.78, 5) is 11.8. The highest BCUT2D eigenvalue weighted by atomic mass is 16.5. The van der Waals surface area contributed by atoms with Gasteiger partial charge in [0.1, 0.15) is 11.3 Å². The summed E-state index contributed by atoms with van der Waals surface area (Å²) in [5, 5.41) is 0. The van der Waals surface area contributed by atoms with Crippen LogP contribution in [-0.4, -0.2) is 24.2 Å². The second-order valence-electron chi connectivity index (χ2n) is 5.96. The van der Waals surface area contributed by atoms with Crippen LogP contribution in [0.25, 0.3) is 0 Å². The fraction of sp³-hybridized carbons (Fsp3) is 0.588. The van der Waals surface area contributed by atoms with Gasteiger partial charge in [0.2, 0.25) is 0 Å². The number of benzene rings is 1. The second-order valence-corrected chi connectivity index (χ2v) is 5.96. The maximum Gasteiger partial charge on any atom is 0.325 e. The minimum absolute atomic E-state index is 0.177. The van der Waals surface area contributed by atoms with E-state index in [1.54, 1.807) is 13.8 Å². The zero-order valence-corrected chi connectivity index (χ0v) is 13.7. The van der Waals surface area contributed by atoms with Gasteiger partial charge in [-0.15, -0.1) is 0 Å². The Hall–Kier alpha value is -1.55. The van der Waals surface area contributed by atoms with Gasteiger partial charge in [0.15, 0.2) is 0 Å². The van der Waals surface area contributed by atoms with Crippen molar-refractivity contribution in [2.24, 2.45) is 5.73 Å². The summed E-state index contributed by atoms with van der Waals surface area (Å²) >= 11 is 0. The number of hydrogen-bond donors (Lipinski definition) is 1. The molecule has 4 heteroatoms. The van der Waals surface area contributed by atoms with Gasteiger partial charge < -0.3 is 15.2 Å². The lowest BCUT2D eigenvalue weighted by Gasteiger charge is -2.27. The molecule has 1 aromatic carbocycles. The van der Waals surface area contributed by atoms with Crippen molar-refractivity contribution in [3.05, 3.63) is 29.8 Å². The molecular formula is C17H27NO3. The molecule has 0 bridgehead atoms. The van der Waals surface area contributed by atoms with Gasteiger partial charge in [0.25, 0.3) is 0 Å². The van der Waals surface area contributed by atoms with E-state index >= 15 is 0 Å². The standard InChI is InChI=1S/C17H27NO3/c1-6-20-16(19)17(5,18)11-13(4)21-15-10-8-7-9-14(15)12(2)3/h7-10,12-13H,6,11,18H2,1-5H3. The molecule has 0 saturated heterocycles. The lowest BCUT2D eigenvalue weighted by Crippen LogP contribution is -2.49. The molecule has 0 saturated carbocycles. The zero-order chi connectivity index (χ0) is 16.0. The van der Waals surface area contributed by atoms with Crippen molar-refractivity contribution in [3.8, 4) is 5.75 Å². The van der Waals surface area contributed by atoms with Crippen LogP contribution in [0.2, 0.25) is 0 Å². The van der Waals surface area contributed by atoms with Crippen molar-refractivity contribution < 1.29 is 14.3 Å². The molecule has 0 heterocycles. The van der Waals surface area contributed by atoms with Crippen LogP contribution in [0.5, 0.6) is 5.75 Å². The van der Waals surface area contributed by atoms with Crippen molar-refractivity contribution in [2.45, 2.75) is 58.6 Å². The Morgan fingerprint density at radius 2 is 1.90 bits per heavy atom. The predicted octanol–water partition coefficient (Wildman–Crippen LogP) is 3.25. The molecule has 118 valence electrons. The van der Waals surface area contributed by atoms with Crippen molar-refractivity contribution in [1.82, 2.24) is 0 Å². The highest BCUT2D eigenvalue weighted by Crippen LogP contribution is 2.28. The molecule has 4 nitrogen and oxygen atoms in total. The highest BCUT2D eigenvalue weighted by molar-refractivity contribution is 5.80. The van der Waals surface area contributed by atoms with Gasteiger partial charge in [-0.1, -0.05) is 32.0 Å². The van der Waals surface area contributed by atoms with E-state index in [1.807, 2.05) is 25.1 Å². The van der Waals surface area contributed by atoms with Gasteiger partial charge in [0.05, 0.1) is 12.7 Å². The average Bonchev–Trinajstić information content (AvgIpc) is 2.38. The quantitative estimate of drug-likeness (QED) is 0.784. The monoisotopic (exact) mass is 293 g/mol. The van der Waals surface area contributed by atoms with E-state index in [-0.39, 0.29) is 6.10 Å². The smallest absolute Gasteiger partial charge is 0.325 e. The van der Waals surface area contributed by atoms with Crippen molar-refractivity contribution in [1.29, 1.82) is 0 Å². The van der Waals surface area contributed by atoms with E-state index in [1.165, 1.54) is 0 Å². The molecule has 0 amide bonds. The lowest BCUT2D eigenvalue weighted by atomic mass is 9.96. The first-order chi connectivity index (χ1) is 9.77. The van der Waals surface area contributed by atoms with E-state index in [4.69, 9.17) is 15.2 Å². The molecule has 0 aromatic heterocycles. The molecule has 1 rings (SSSR count). The molecular weight excluding hydrogens is 266 g/mol. The van der Waals surface area contributed by atoms with Crippen LogP contribution in [0, 0.1) is 0 Å². The molecule has 0 fully saturated rings. The number of rotatable bonds is 7. The van der Waals surface area contributed by atoms with Crippen molar-refractivity contribution >= 4 is 5.97 Å². The fourth-order valence-electron chi connectivity index (χ4n) is 2.30. The van der Waals surface area contributed by atoms with E-state index in [0.29, 0.717) is 18.9 Å². The predicted molar refractivity (Wildman–Crippen MR) is 84.5 cm³/mol. The van der Waals surface area contributed by atoms with E-state index in [9.17, 15) is 4.79 Å². The van der Waals surface area contributed by atoms with Crippen LogP contribution in [0.4, 0.5) is 0 Å². The van der Waals surface area contributed by atoms with Crippen LogP contribution in [0.15, 0.2) is 24.3 Å². The Morgan fingerprint density at radius 3 is 2.48 bits per heavy atom. The minimum Gasteiger partial charge on any atom is -0.490 e. The Balaban J connectivity index is 2.74. The number of para-hydroxylation sites is 1. The second kappa shape index (κ2) is 7.46. The van der Waals surface area contributed by atoms with Crippen LogP contribution in [-0.2, 0) is 9.53 Å². The van der Waals surface area contributed by atoms with Gasteiger partial charge >= 0.3 is 5.97 Å². The Morgan fingerprint density at radius 1 is 1.29 bits per heavy atom. The summed E-state index contributed by atoms with van der Waals surface area (Å²) in [6, 6.07) is 7.95. The van der Waals surface area contributed by atoms with Crippen molar-refractivity contribution in [2.75, 3.05) is 6.61 Å². The molecule has 21 heavy (non-hydrogen) atoms. The third kappa shape index (κ3) is 5.05. The summed E-state index contributed by atoms with van der Waals surface area (Å²) in [5.41, 5.74) is 6.16. The average molecular weight is 293 g/mol. The Kier molecular flexibility index (Phi) is 6.21. The number of nitrogens with two attached hydrogens (primary N) is 1. The number of ether oxygens (including phenoxy) is 2. The van der Waals surface area contributed by atoms with Gasteiger partial charge in [-0.25, -0.2) is 0 Å². The minimum atomic E-state index is -1.04.